The number of aromatic nitrogens is 2. The molecule has 0 radical (unpaired) electrons. The summed E-state index contributed by atoms with van der Waals surface area (Å²) < 4.78 is 5.18. The highest BCUT2D eigenvalue weighted by atomic mass is 32.2. The van der Waals surface area contributed by atoms with Crippen molar-refractivity contribution in [2.45, 2.75) is 12.7 Å². The van der Waals surface area contributed by atoms with Crippen molar-refractivity contribution in [2.75, 3.05) is 12.4 Å². The molecular weight excluding hydrogens is 256 g/mol. The zero-order chi connectivity index (χ0) is 12.1. The van der Waals surface area contributed by atoms with Gasteiger partial charge < -0.3 is 9.63 Å². The van der Waals surface area contributed by atoms with Crippen LogP contribution in [0.4, 0.5) is 0 Å². The highest BCUT2D eigenvalue weighted by molar-refractivity contribution is 7.98. The van der Waals surface area contributed by atoms with Crippen LogP contribution in [0.25, 0.3) is 11.5 Å². The van der Waals surface area contributed by atoms with E-state index in [0.29, 0.717) is 17.6 Å². The lowest BCUT2D eigenvalue weighted by molar-refractivity contribution is 0.250. The number of aliphatic hydroxyl groups excluding tert-OH is 1. The normalized spacial score (nSPS) is 12.8. The number of thiophene rings is 1. The maximum absolute atomic E-state index is 8.90. The van der Waals surface area contributed by atoms with Crippen molar-refractivity contribution >= 4 is 23.1 Å². The van der Waals surface area contributed by atoms with Gasteiger partial charge in [0, 0.05) is 12.0 Å². The topological polar surface area (TPSA) is 59.2 Å². The van der Waals surface area contributed by atoms with Crippen LogP contribution in [0, 0.1) is 5.92 Å². The van der Waals surface area contributed by atoms with Crippen molar-refractivity contribution in [3.8, 4) is 11.5 Å². The monoisotopic (exact) mass is 270 g/mol. The van der Waals surface area contributed by atoms with Crippen LogP contribution >= 0.6 is 23.1 Å². The minimum absolute atomic E-state index is 0.222. The fourth-order valence-corrected chi connectivity index (χ4v) is 2.78. The van der Waals surface area contributed by atoms with Crippen molar-refractivity contribution < 1.29 is 9.63 Å². The van der Waals surface area contributed by atoms with Gasteiger partial charge in [-0.3, -0.25) is 0 Å². The molecule has 0 aliphatic heterocycles. The molecule has 2 aromatic heterocycles. The fraction of sp³-hybridized carbons (Fsp3) is 0.455. The van der Waals surface area contributed by atoms with Crippen LogP contribution in [0.15, 0.2) is 21.3 Å². The minimum Gasteiger partial charge on any atom is -0.396 e. The summed E-state index contributed by atoms with van der Waals surface area (Å²) in [6, 6.07) is 1.96. The van der Waals surface area contributed by atoms with Gasteiger partial charge in [-0.05, 0) is 23.1 Å². The molecule has 6 heteroatoms. The summed E-state index contributed by atoms with van der Waals surface area (Å²) in [7, 11) is 0. The lowest BCUT2D eigenvalue weighted by Crippen LogP contribution is -2.03. The summed E-state index contributed by atoms with van der Waals surface area (Å²) in [5.41, 5.74) is 0.975. The van der Waals surface area contributed by atoms with Gasteiger partial charge in [-0.25, -0.2) is 0 Å². The van der Waals surface area contributed by atoms with Gasteiger partial charge in [0.1, 0.15) is 0 Å². The second-order valence-corrected chi connectivity index (χ2v) is 5.64. The van der Waals surface area contributed by atoms with Gasteiger partial charge in [-0.15, -0.1) is 0 Å². The highest BCUT2D eigenvalue weighted by Gasteiger charge is 2.09. The van der Waals surface area contributed by atoms with E-state index in [1.165, 1.54) is 0 Å². The van der Waals surface area contributed by atoms with Crippen molar-refractivity contribution in [1.82, 2.24) is 10.1 Å². The Labute approximate surface area is 108 Å². The summed E-state index contributed by atoms with van der Waals surface area (Å²) in [6.07, 6.45) is 0. The third-order valence-electron chi connectivity index (χ3n) is 2.18. The third kappa shape index (κ3) is 3.55. The first kappa shape index (κ1) is 12.6. The molecule has 1 unspecified atom stereocenters. The van der Waals surface area contributed by atoms with Gasteiger partial charge in [-0.2, -0.15) is 28.1 Å². The summed E-state index contributed by atoms with van der Waals surface area (Å²) in [5, 5.41) is 16.8. The molecule has 0 aromatic carbocycles. The number of hydrogen-bond acceptors (Lipinski definition) is 6. The first-order valence-corrected chi connectivity index (χ1v) is 7.43. The maximum atomic E-state index is 8.90. The number of thioether (sulfide) groups is 1. The molecule has 2 rings (SSSR count). The minimum atomic E-state index is 0.222. The highest BCUT2D eigenvalue weighted by Crippen LogP contribution is 2.21. The first-order chi connectivity index (χ1) is 8.29. The molecule has 0 spiro atoms. The molecule has 2 heterocycles. The predicted molar refractivity (Wildman–Crippen MR) is 70.0 cm³/mol. The van der Waals surface area contributed by atoms with Gasteiger partial charge in [0.05, 0.1) is 11.3 Å². The Morgan fingerprint density at radius 1 is 1.59 bits per heavy atom. The molecule has 0 bridgehead atoms. The maximum Gasteiger partial charge on any atom is 0.258 e. The second kappa shape index (κ2) is 6.18. The summed E-state index contributed by atoms with van der Waals surface area (Å²) in [4.78, 5) is 4.32. The Morgan fingerprint density at radius 3 is 3.18 bits per heavy atom. The van der Waals surface area contributed by atoms with E-state index in [0.717, 1.165) is 17.1 Å². The third-order valence-corrected chi connectivity index (χ3v) is 4.13. The van der Waals surface area contributed by atoms with Crippen LogP contribution in [-0.2, 0) is 5.75 Å². The number of rotatable bonds is 6. The largest absolute Gasteiger partial charge is 0.396 e. The van der Waals surface area contributed by atoms with Gasteiger partial charge in [0.15, 0.2) is 5.82 Å². The Morgan fingerprint density at radius 2 is 2.47 bits per heavy atom. The molecular formula is C11H14N2O2S2. The summed E-state index contributed by atoms with van der Waals surface area (Å²) >= 11 is 3.31. The van der Waals surface area contributed by atoms with E-state index in [1.807, 2.05) is 23.8 Å². The van der Waals surface area contributed by atoms with Crippen molar-refractivity contribution in [1.29, 1.82) is 0 Å². The van der Waals surface area contributed by atoms with E-state index < -0.39 is 0 Å². The first-order valence-electron chi connectivity index (χ1n) is 5.33. The molecule has 2 aromatic rings. The molecule has 4 nitrogen and oxygen atoms in total. The fourth-order valence-electron chi connectivity index (χ4n) is 1.22. The summed E-state index contributed by atoms with van der Waals surface area (Å²) in [6.45, 7) is 2.24. The molecule has 1 atom stereocenters. The molecule has 0 aliphatic carbocycles. The Balaban J connectivity index is 1.87. The molecule has 17 heavy (non-hydrogen) atoms. The molecule has 1 N–H and O–H groups in total. The van der Waals surface area contributed by atoms with E-state index in [-0.39, 0.29) is 6.61 Å². The van der Waals surface area contributed by atoms with Crippen molar-refractivity contribution in [3.63, 3.8) is 0 Å². The lowest BCUT2D eigenvalue weighted by atomic mass is 10.2. The smallest absolute Gasteiger partial charge is 0.258 e. The van der Waals surface area contributed by atoms with Gasteiger partial charge in [-0.1, -0.05) is 12.1 Å². The van der Waals surface area contributed by atoms with Crippen LogP contribution < -0.4 is 0 Å². The number of aliphatic hydroxyl groups is 1. The quantitative estimate of drug-likeness (QED) is 0.874. The molecule has 0 fully saturated rings. The van der Waals surface area contributed by atoms with Crippen molar-refractivity contribution in [2.24, 2.45) is 5.92 Å². The predicted octanol–water partition coefficient (Wildman–Crippen LogP) is 2.66. The standard InChI is InChI=1S/C11H14N2O2S2/c1-8(4-14)5-17-7-10-12-11(15-13-10)9-2-3-16-6-9/h2-3,6,8,14H,4-5,7H2,1H3. The van der Waals surface area contributed by atoms with Crippen molar-refractivity contribution in [3.05, 3.63) is 22.7 Å². The molecule has 0 aliphatic rings. The lowest BCUT2D eigenvalue weighted by Gasteiger charge is -2.04. The van der Waals surface area contributed by atoms with E-state index in [1.54, 1.807) is 23.1 Å². The Bertz CT molecular complexity index is 442. The van der Waals surface area contributed by atoms with Crippen LogP contribution in [0.5, 0.6) is 0 Å². The summed E-state index contributed by atoms with van der Waals surface area (Å²) in [5.74, 6) is 3.22. The zero-order valence-electron chi connectivity index (χ0n) is 9.50. The van der Waals surface area contributed by atoms with Crippen LogP contribution in [0.2, 0.25) is 0 Å². The molecule has 92 valence electrons. The van der Waals surface area contributed by atoms with E-state index in [4.69, 9.17) is 9.63 Å². The number of nitrogens with zero attached hydrogens (tertiary/aromatic N) is 2. The Kier molecular flexibility index (Phi) is 4.58. The van der Waals surface area contributed by atoms with Crippen LogP contribution in [0.3, 0.4) is 0 Å². The molecule has 0 saturated carbocycles. The SMILES string of the molecule is CC(CO)CSCc1noc(-c2ccsc2)n1. The zero-order valence-corrected chi connectivity index (χ0v) is 11.1. The van der Waals surface area contributed by atoms with Gasteiger partial charge in [0.25, 0.3) is 5.89 Å². The van der Waals surface area contributed by atoms with E-state index in [9.17, 15) is 0 Å². The van der Waals surface area contributed by atoms with E-state index >= 15 is 0 Å². The molecule has 0 amide bonds. The second-order valence-electron chi connectivity index (χ2n) is 3.83. The van der Waals surface area contributed by atoms with Gasteiger partial charge >= 0.3 is 0 Å². The average Bonchev–Trinajstić information content (AvgIpc) is 2.98. The van der Waals surface area contributed by atoms with Crippen LogP contribution in [-0.4, -0.2) is 27.6 Å². The van der Waals surface area contributed by atoms with Crippen LogP contribution in [0.1, 0.15) is 12.7 Å². The van der Waals surface area contributed by atoms with Gasteiger partial charge in [0.2, 0.25) is 0 Å². The molecule has 0 saturated heterocycles. The Hall–Kier alpha value is -0.850. The number of hydrogen-bond donors (Lipinski definition) is 1. The average molecular weight is 270 g/mol. The van der Waals surface area contributed by atoms with E-state index in [2.05, 4.69) is 10.1 Å².